The number of nitrogens with zero attached hydrogens (tertiary/aromatic N) is 3. The molecule has 0 N–H and O–H groups in total. The summed E-state index contributed by atoms with van der Waals surface area (Å²) in [4.78, 5) is 10.6. The summed E-state index contributed by atoms with van der Waals surface area (Å²) >= 11 is 1.85. The van der Waals surface area contributed by atoms with Gasteiger partial charge in [-0.15, -0.1) is 11.3 Å². The second-order valence-electron chi connectivity index (χ2n) is 12.6. The van der Waals surface area contributed by atoms with E-state index in [-0.39, 0.29) is 0 Å². The zero-order valence-electron chi connectivity index (χ0n) is 27.0. The van der Waals surface area contributed by atoms with E-state index >= 15 is 0 Å². The van der Waals surface area contributed by atoms with Gasteiger partial charge in [-0.1, -0.05) is 127 Å². The Bertz CT molecular complexity index is 2870. The molecule has 0 saturated heterocycles. The van der Waals surface area contributed by atoms with Crippen molar-refractivity contribution >= 4 is 53.3 Å². The predicted molar refractivity (Wildman–Crippen MR) is 211 cm³/mol. The molecule has 4 heteroatoms. The summed E-state index contributed by atoms with van der Waals surface area (Å²) in [5.41, 5.74) is 10.7. The van der Waals surface area contributed by atoms with Gasteiger partial charge in [-0.05, 0) is 59.7 Å². The molecule has 0 aliphatic heterocycles. The van der Waals surface area contributed by atoms with Crippen molar-refractivity contribution in [3.05, 3.63) is 176 Å². The first-order valence-electron chi connectivity index (χ1n) is 16.8. The number of fused-ring (bicyclic) bond motifs is 6. The lowest BCUT2D eigenvalue weighted by atomic mass is 10.00. The molecule has 0 fully saturated rings. The molecule has 3 aromatic heterocycles. The molecule has 0 aliphatic carbocycles. The molecule has 0 radical (unpaired) electrons. The normalized spacial score (nSPS) is 11.6. The van der Waals surface area contributed by atoms with E-state index in [0.29, 0.717) is 5.82 Å². The minimum absolute atomic E-state index is 0.708. The molecule has 0 aliphatic rings. The Morgan fingerprint density at radius 3 is 1.86 bits per heavy atom. The number of hydrogen-bond acceptors (Lipinski definition) is 3. The Morgan fingerprint density at radius 1 is 0.400 bits per heavy atom. The number of benzene rings is 7. The molecule has 3 nitrogen and oxygen atoms in total. The van der Waals surface area contributed by atoms with Crippen molar-refractivity contribution in [3.8, 4) is 50.7 Å². The smallest absolute Gasteiger partial charge is 0.161 e. The van der Waals surface area contributed by atoms with Crippen molar-refractivity contribution in [1.29, 1.82) is 0 Å². The lowest BCUT2D eigenvalue weighted by Crippen LogP contribution is -1.97. The Hall–Kier alpha value is -6.36. The summed E-state index contributed by atoms with van der Waals surface area (Å²) in [5.74, 6) is 0.708. The Balaban J connectivity index is 1.21. The van der Waals surface area contributed by atoms with Crippen LogP contribution in [0.2, 0.25) is 0 Å². The number of para-hydroxylation sites is 1. The van der Waals surface area contributed by atoms with Crippen molar-refractivity contribution in [3.63, 3.8) is 0 Å². The minimum Gasteiger partial charge on any atom is -0.309 e. The summed E-state index contributed by atoms with van der Waals surface area (Å²) in [5, 5.41) is 4.90. The third kappa shape index (κ3) is 4.73. The van der Waals surface area contributed by atoms with E-state index in [1.807, 2.05) is 17.4 Å². The van der Waals surface area contributed by atoms with E-state index < -0.39 is 0 Å². The number of hydrogen-bond donors (Lipinski definition) is 0. The lowest BCUT2D eigenvalue weighted by molar-refractivity contribution is 1.18. The van der Waals surface area contributed by atoms with E-state index in [9.17, 15) is 0 Å². The highest BCUT2D eigenvalue weighted by Gasteiger charge is 2.19. The highest BCUT2D eigenvalue weighted by atomic mass is 32.1. The molecule has 0 atom stereocenters. The van der Waals surface area contributed by atoms with E-state index in [4.69, 9.17) is 9.97 Å². The molecule has 0 spiro atoms. The van der Waals surface area contributed by atoms with Crippen LogP contribution in [0.5, 0.6) is 0 Å². The molecule has 234 valence electrons. The zero-order chi connectivity index (χ0) is 33.0. The van der Waals surface area contributed by atoms with Crippen molar-refractivity contribution in [2.24, 2.45) is 0 Å². The molecule has 7 aromatic carbocycles. The fraction of sp³-hybridized carbons (Fsp3) is 0. The second-order valence-corrected chi connectivity index (χ2v) is 13.7. The van der Waals surface area contributed by atoms with Crippen LogP contribution in [0.3, 0.4) is 0 Å². The largest absolute Gasteiger partial charge is 0.309 e. The van der Waals surface area contributed by atoms with Crippen LogP contribution in [0.1, 0.15) is 0 Å². The molecular weight excluding hydrogens is 627 g/mol. The number of aromatic nitrogens is 3. The standard InChI is InChI=1S/C46H29N3S/c1-3-13-30(14-4-1)32-17-11-18-33(27-32)40-29-39(31-15-5-2-6-16-31)47-46(48-40)37-21-12-23-42-45(37)36-20-7-9-22-41(36)49(42)34-25-26-44-38(28-34)35-19-8-10-24-43(35)50-44/h1-29H. The van der Waals surface area contributed by atoms with Crippen LogP contribution in [0.15, 0.2) is 176 Å². The zero-order valence-corrected chi connectivity index (χ0v) is 27.8. The molecule has 50 heavy (non-hydrogen) atoms. The first kappa shape index (κ1) is 28.6. The third-order valence-electron chi connectivity index (χ3n) is 9.62. The molecule has 0 saturated carbocycles. The van der Waals surface area contributed by atoms with Crippen LogP contribution in [0, 0.1) is 0 Å². The van der Waals surface area contributed by atoms with E-state index in [1.165, 1.54) is 31.1 Å². The summed E-state index contributed by atoms with van der Waals surface area (Å²) in [7, 11) is 0. The van der Waals surface area contributed by atoms with Gasteiger partial charge in [0.2, 0.25) is 0 Å². The fourth-order valence-corrected chi connectivity index (χ4v) is 8.38. The van der Waals surface area contributed by atoms with Gasteiger partial charge in [0.25, 0.3) is 0 Å². The first-order valence-corrected chi connectivity index (χ1v) is 17.6. The van der Waals surface area contributed by atoms with Crippen LogP contribution in [0.25, 0.3) is 92.7 Å². The fourth-order valence-electron chi connectivity index (χ4n) is 7.30. The van der Waals surface area contributed by atoms with Gasteiger partial charge in [0.05, 0.1) is 22.4 Å². The maximum atomic E-state index is 5.32. The Kier molecular flexibility index (Phi) is 6.68. The van der Waals surface area contributed by atoms with E-state index in [2.05, 4.69) is 174 Å². The molecule has 0 amide bonds. The van der Waals surface area contributed by atoms with Gasteiger partial charge < -0.3 is 4.57 Å². The SMILES string of the molecule is c1ccc(-c2cccc(-c3cc(-c4ccccc4)nc(-c4cccc5c4c4ccccc4n5-c4ccc5sc6ccccc6c5c4)n3)c2)cc1. The quantitative estimate of drug-likeness (QED) is 0.185. The van der Waals surface area contributed by atoms with Gasteiger partial charge in [-0.2, -0.15) is 0 Å². The van der Waals surface area contributed by atoms with Crippen LogP contribution in [-0.2, 0) is 0 Å². The minimum atomic E-state index is 0.708. The van der Waals surface area contributed by atoms with Gasteiger partial charge in [-0.25, -0.2) is 9.97 Å². The predicted octanol–water partition coefficient (Wildman–Crippen LogP) is 12.6. The maximum absolute atomic E-state index is 5.32. The van der Waals surface area contributed by atoms with Crippen molar-refractivity contribution in [2.75, 3.05) is 0 Å². The highest BCUT2D eigenvalue weighted by Crippen LogP contribution is 2.41. The topological polar surface area (TPSA) is 30.7 Å². The number of rotatable bonds is 5. The van der Waals surface area contributed by atoms with Gasteiger partial charge in [-0.3, -0.25) is 0 Å². The highest BCUT2D eigenvalue weighted by molar-refractivity contribution is 7.25. The molecule has 10 rings (SSSR count). The molecule has 10 aromatic rings. The Labute approximate surface area is 293 Å². The average Bonchev–Trinajstić information content (AvgIpc) is 3.74. The maximum Gasteiger partial charge on any atom is 0.161 e. The van der Waals surface area contributed by atoms with Crippen LogP contribution in [-0.4, -0.2) is 14.5 Å². The third-order valence-corrected chi connectivity index (χ3v) is 10.8. The summed E-state index contributed by atoms with van der Waals surface area (Å²) in [6, 6.07) is 62.4. The van der Waals surface area contributed by atoms with Gasteiger partial charge in [0.1, 0.15) is 0 Å². The van der Waals surface area contributed by atoms with Crippen LogP contribution in [0.4, 0.5) is 0 Å². The van der Waals surface area contributed by atoms with Crippen molar-refractivity contribution in [1.82, 2.24) is 14.5 Å². The molecule has 0 unspecified atom stereocenters. The van der Waals surface area contributed by atoms with Crippen molar-refractivity contribution < 1.29 is 0 Å². The lowest BCUT2D eigenvalue weighted by Gasteiger charge is -2.12. The Morgan fingerprint density at radius 2 is 1.02 bits per heavy atom. The monoisotopic (exact) mass is 655 g/mol. The molecule has 0 bridgehead atoms. The first-order chi connectivity index (χ1) is 24.8. The average molecular weight is 656 g/mol. The summed E-state index contributed by atoms with van der Waals surface area (Å²) in [6.45, 7) is 0. The second kappa shape index (κ2) is 11.7. The van der Waals surface area contributed by atoms with Crippen LogP contribution >= 0.6 is 11.3 Å². The van der Waals surface area contributed by atoms with Crippen molar-refractivity contribution in [2.45, 2.75) is 0 Å². The van der Waals surface area contributed by atoms with Crippen LogP contribution < -0.4 is 0 Å². The molecule has 3 heterocycles. The summed E-state index contributed by atoms with van der Waals surface area (Å²) in [6.07, 6.45) is 0. The van der Waals surface area contributed by atoms with Gasteiger partial charge in [0, 0.05) is 53.3 Å². The van der Waals surface area contributed by atoms with E-state index in [1.54, 1.807) is 0 Å². The van der Waals surface area contributed by atoms with E-state index in [0.717, 1.165) is 55.7 Å². The molecular formula is C46H29N3S. The van der Waals surface area contributed by atoms with Gasteiger partial charge in [0.15, 0.2) is 5.82 Å². The number of thiophene rings is 1. The summed E-state index contributed by atoms with van der Waals surface area (Å²) < 4.78 is 5.00. The van der Waals surface area contributed by atoms with Gasteiger partial charge >= 0.3 is 0 Å².